The van der Waals surface area contributed by atoms with Crippen LogP contribution in [0.15, 0.2) is 48.5 Å². The Morgan fingerprint density at radius 3 is 2.63 bits per heavy atom. The van der Waals surface area contributed by atoms with Crippen LogP contribution in [0.2, 0.25) is 0 Å². The van der Waals surface area contributed by atoms with Crippen LogP contribution in [0.3, 0.4) is 0 Å². The van der Waals surface area contributed by atoms with Crippen LogP contribution in [-0.2, 0) is 0 Å². The van der Waals surface area contributed by atoms with Crippen LogP contribution < -0.4 is 4.90 Å². The Kier molecular flexibility index (Phi) is 4.81. The number of aromatic nitrogens is 2. The molecular formula is C21H23FN4O. The Morgan fingerprint density at radius 2 is 1.81 bits per heavy atom. The molecule has 0 saturated carbocycles. The summed E-state index contributed by atoms with van der Waals surface area (Å²) in [6, 6.07) is 14.1. The van der Waals surface area contributed by atoms with Crippen LogP contribution >= 0.6 is 0 Å². The maximum absolute atomic E-state index is 13.5. The Morgan fingerprint density at radius 1 is 1.00 bits per heavy atom. The molecule has 0 bridgehead atoms. The molecule has 1 saturated heterocycles. The highest BCUT2D eigenvalue weighted by Crippen LogP contribution is 2.31. The highest BCUT2D eigenvalue weighted by molar-refractivity contribution is 5.72. The summed E-state index contributed by atoms with van der Waals surface area (Å²) in [5, 5.41) is 17.2. The molecule has 0 radical (unpaired) electrons. The van der Waals surface area contributed by atoms with Crippen LogP contribution in [0.4, 0.5) is 10.1 Å². The van der Waals surface area contributed by atoms with Crippen molar-refractivity contribution < 1.29 is 9.50 Å². The van der Waals surface area contributed by atoms with Gasteiger partial charge in [0.2, 0.25) is 0 Å². The lowest BCUT2D eigenvalue weighted by atomic mass is 10.1. The minimum Gasteiger partial charge on any atom is -0.507 e. The number of phenols is 1. The Balaban J connectivity index is 1.54. The second kappa shape index (κ2) is 7.40. The van der Waals surface area contributed by atoms with E-state index in [4.69, 9.17) is 0 Å². The Bertz CT molecular complexity index is 922. The molecule has 1 aliphatic heterocycles. The largest absolute Gasteiger partial charge is 0.507 e. The number of aromatic hydroxyl groups is 1. The number of hydrogen-bond donors (Lipinski definition) is 2. The predicted octanol–water partition coefficient (Wildman–Crippen LogP) is 3.73. The first kappa shape index (κ1) is 17.5. The average molecular weight is 366 g/mol. The SMILES string of the molecule is CN1CCCN(c2ccc(-c3cc(-c4cc(F)ccc4O)n[nH]3)cc2)CC1. The molecule has 27 heavy (non-hydrogen) atoms. The summed E-state index contributed by atoms with van der Waals surface area (Å²) in [4.78, 5) is 4.78. The number of H-pyrrole nitrogens is 1. The number of nitrogens with one attached hydrogen (secondary N) is 1. The topological polar surface area (TPSA) is 55.4 Å². The van der Waals surface area contributed by atoms with Crippen molar-refractivity contribution in [1.29, 1.82) is 0 Å². The molecule has 140 valence electrons. The van der Waals surface area contributed by atoms with E-state index in [1.807, 2.05) is 6.07 Å². The fraction of sp³-hybridized carbons (Fsp3) is 0.286. The average Bonchev–Trinajstić information content (AvgIpc) is 3.06. The number of hydrogen-bond acceptors (Lipinski definition) is 4. The lowest BCUT2D eigenvalue weighted by molar-refractivity contribution is 0.360. The van der Waals surface area contributed by atoms with E-state index in [9.17, 15) is 9.50 Å². The molecule has 1 fully saturated rings. The first-order valence-electron chi connectivity index (χ1n) is 9.18. The van der Waals surface area contributed by atoms with E-state index < -0.39 is 5.82 Å². The lowest BCUT2D eigenvalue weighted by Crippen LogP contribution is -2.28. The van der Waals surface area contributed by atoms with Gasteiger partial charge in [-0.3, -0.25) is 5.10 Å². The molecular weight excluding hydrogens is 343 g/mol. The number of phenolic OH excluding ortho intramolecular Hbond substituents is 1. The number of benzene rings is 2. The number of rotatable bonds is 3. The molecule has 1 aromatic heterocycles. The molecule has 1 aliphatic rings. The third kappa shape index (κ3) is 3.80. The molecule has 6 heteroatoms. The van der Waals surface area contributed by atoms with Gasteiger partial charge in [-0.15, -0.1) is 0 Å². The summed E-state index contributed by atoms with van der Waals surface area (Å²) in [5.74, 6) is -0.393. The first-order valence-corrected chi connectivity index (χ1v) is 9.18. The zero-order chi connectivity index (χ0) is 18.8. The highest BCUT2D eigenvalue weighted by Gasteiger charge is 2.14. The van der Waals surface area contributed by atoms with Gasteiger partial charge in [-0.25, -0.2) is 4.39 Å². The highest BCUT2D eigenvalue weighted by atomic mass is 19.1. The molecule has 5 nitrogen and oxygen atoms in total. The van der Waals surface area contributed by atoms with E-state index in [2.05, 4.69) is 51.3 Å². The molecule has 4 rings (SSSR count). The fourth-order valence-corrected chi connectivity index (χ4v) is 3.48. The maximum Gasteiger partial charge on any atom is 0.125 e. The summed E-state index contributed by atoms with van der Waals surface area (Å²) >= 11 is 0. The summed E-state index contributed by atoms with van der Waals surface area (Å²) in [6.45, 7) is 4.31. The fourth-order valence-electron chi connectivity index (χ4n) is 3.48. The zero-order valence-electron chi connectivity index (χ0n) is 15.3. The van der Waals surface area contributed by atoms with Gasteiger partial charge in [0.15, 0.2) is 0 Å². The normalized spacial score (nSPS) is 15.7. The van der Waals surface area contributed by atoms with Crippen molar-refractivity contribution in [2.45, 2.75) is 6.42 Å². The number of nitrogens with zero attached hydrogens (tertiary/aromatic N) is 3. The van der Waals surface area contributed by atoms with Crippen molar-refractivity contribution in [3.05, 3.63) is 54.3 Å². The summed E-state index contributed by atoms with van der Waals surface area (Å²) in [6.07, 6.45) is 1.17. The van der Waals surface area contributed by atoms with Gasteiger partial charge >= 0.3 is 0 Å². The van der Waals surface area contributed by atoms with Gasteiger partial charge in [-0.05, 0) is 62.0 Å². The minimum atomic E-state index is -0.403. The smallest absolute Gasteiger partial charge is 0.125 e. The van der Waals surface area contributed by atoms with Crippen molar-refractivity contribution in [2.24, 2.45) is 0 Å². The van der Waals surface area contributed by atoms with Crippen molar-refractivity contribution in [3.63, 3.8) is 0 Å². The summed E-state index contributed by atoms with van der Waals surface area (Å²) < 4.78 is 13.5. The van der Waals surface area contributed by atoms with Gasteiger partial charge in [0.1, 0.15) is 11.6 Å². The van der Waals surface area contributed by atoms with Gasteiger partial charge in [0.05, 0.1) is 11.4 Å². The number of halogens is 1. The van der Waals surface area contributed by atoms with Gasteiger partial charge in [0, 0.05) is 30.9 Å². The maximum atomic E-state index is 13.5. The molecule has 0 amide bonds. The van der Waals surface area contributed by atoms with Crippen molar-refractivity contribution >= 4 is 5.69 Å². The van der Waals surface area contributed by atoms with Crippen molar-refractivity contribution in [2.75, 3.05) is 38.1 Å². The molecule has 0 aliphatic carbocycles. The minimum absolute atomic E-state index is 0.0101. The van der Waals surface area contributed by atoms with Crippen LogP contribution in [0.5, 0.6) is 5.75 Å². The molecule has 2 heterocycles. The summed E-state index contributed by atoms with van der Waals surface area (Å²) in [7, 11) is 2.17. The van der Waals surface area contributed by atoms with Gasteiger partial charge in [-0.1, -0.05) is 12.1 Å². The number of aromatic amines is 1. The van der Waals surface area contributed by atoms with E-state index in [1.165, 1.54) is 30.3 Å². The third-order valence-corrected chi connectivity index (χ3v) is 5.08. The zero-order valence-corrected chi connectivity index (χ0v) is 15.3. The molecule has 2 N–H and O–H groups in total. The Hall–Kier alpha value is -2.86. The van der Waals surface area contributed by atoms with E-state index in [0.29, 0.717) is 11.3 Å². The summed E-state index contributed by atoms with van der Waals surface area (Å²) in [5.41, 5.74) is 3.94. The molecule has 2 aromatic carbocycles. The van der Waals surface area contributed by atoms with E-state index in [-0.39, 0.29) is 5.75 Å². The molecule has 3 aromatic rings. The molecule has 0 atom stereocenters. The van der Waals surface area contributed by atoms with E-state index in [1.54, 1.807) is 0 Å². The first-order chi connectivity index (χ1) is 13.1. The standard InChI is InChI=1S/C21H23FN4O/c1-25-9-2-10-26(12-11-25)17-6-3-15(4-7-17)19-14-20(24-23-19)18-13-16(22)5-8-21(18)27/h3-8,13-14,27H,2,9-12H2,1H3,(H,23,24). The quantitative estimate of drug-likeness (QED) is 0.742. The second-order valence-corrected chi connectivity index (χ2v) is 7.02. The van der Waals surface area contributed by atoms with Crippen LogP contribution in [0, 0.1) is 5.82 Å². The third-order valence-electron chi connectivity index (χ3n) is 5.08. The van der Waals surface area contributed by atoms with Crippen molar-refractivity contribution in [3.8, 4) is 28.3 Å². The monoisotopic (exact) mass is 366 g/mol. The van der Waals surface area contributed by atoms with Gasteiger partial charge < -0.3 is 14.9 Å². The number of anilines is 1. The van der Waals surface area contributed by atoms with E-state index >= 15 is 0 Å². The molecule has 0 unspecified atom stereocenters. The van der Waals surface area contributed by atoms with Gasteiger partial charge in [0.25, 0.3) is 0 Å². The van der Waals surface area contributed by atoms with E-state index in [0.717, 1.165) is 37.4 Å². The van der Waals surface area contributed by atoms with Gasteiger partial charge in [-0.2, -0.15) is 5.10 Å². The molecule has 0 spiro atoms. The van der Waals surface area contributed by atoms with Crippen LogP contribution in [0.1, 0.15) is 6.42 Å². The number of likely N-dealkylation sites (N-methyl/N-ethyl adjacent to an activating group) is 1. The van der Waals surface area contributed by atoms with Crippen LogP contribution in [0.25, 0.3) is 22.5 Å². The Labute approximate surface area is 158 Å². The lowest BCUT2D eigenvalue weighted by Gasteiger charge is -2.23. The predicted molar refractivity (Wildman–Crippen MR) is 105 cm³/mol. The second-order valence-electron chi connectivity index (χ2n) is 7.02. The van der Waals surface area contributed by atoms with Crippen molar-refractivity contribution in [1.82, 2.24) is 15.1 Å². The van der Waals surface area contributed by atoms with Crippen LogP contribution in [-0.4, -0.2) is 53.4 Å².